The van der Waals surface area contributed by atoms with Crippen LogP contribution >= 0.6 is 23.2 Å². The molecule has 0 spiro atoms. The van der Waals surface area contributed by atoms with Crippen molar-refractivity contribution in [2.45, 2.75) is 18.0 Å². The maximum absolute atomic E-state index is 14.0. The Bertz CT molecular complexity index is 1130. The highest BCUT2D eigenvalue weighted by atomic mass is 35.5. The molecule has 1 atom stereocenters. The number of urea groups is 1. The van der Waals surface area contributed by atoms with Crippen LogP contribution in [0.5, 0.6) is 5.75 Å². The highest BCUT2D eigenvalue weighted by Gasteiger charge is 2.50. The molecule has 2 aromatic carbocycles. The van der Waals surface area contributed by atoms with Crippen LogP contribution in [0.2, 0.25) is 10.0 Å². The highest BCUT2D eigenvalue weighted by molar-refractivity contribution is 6.35. The van der Waals surface area contributed by atoms with Gasteiger partial charge in [-0.2, -0.15) is 0 Å². The highest BCUT2D eigenvalue weighted by Crippen LogP contribution is 2.34. The average molecular weight is 504 g/mol. The number of para-hydroxylation sites is 1. The number of halogens is 2. The number of carbonyl (C=O) groups is 3. The van der Waals surface area contributed by atoms with Gasteiger partial charge in [0.2, 0.25) is 0 Å². The molecule has 0 bridgehead atoms. The van der Waals surface area contributed by atoms with Crippen LogP contribution in [0, 0.1) is 5.92 Å². The number of carbonyl (C=O) groups excluding carboxylic acids is 2. The first-order valence-corrected chi connectivity index (χ1v) is 10.9. The van der Waals surface area contributed by atoms with Gasteiger partial charge in [-0.05, 0) is 37.3 Å². The molecule has 0 fully saturated rings. The largest absolute Gasteiger partial charge is 0.491 e. The molecule has 1 aliphatic carbocycles. The van der Waals surface area contributed by atoms with Crippen LogP contribution in [0.15, 0.2) is 72.8 Å². The number of Topliss-reactive ketones (excluding diaryl/α,β-unsaturated/α-hetero) is 1. The van der Waals surface area contributed by atoms with Gasteiger partial charge in [0.05, 0.1) is 5.92 Å². The van der Waals surface area contributed by atoms with Crippen LogP contribution in [-0.2, 0) is 9.59 Å². The number of benzene rings is 2. The minimum atomic E-state index is -1.75. The van der Waals surface area contributed by atoms with E-state index >= 15 is 0 Å². The Morgan fingerprint density at radius 1 is 1.09 bits per heavy atom. The molecule has 3 rings (SSSR count). The van der Waals surface area contributed by atoms with Crippen LogP contribution in [0.3, 0.4) is 0 Å². The molecule has 5 N–H and O–H groups in total. The number of anilines is 1. The van der Waals surface area contributed by atoms with Crippen molar-refractivity contribution in [2.75, 3.05) is 11.5 Å². The Morgan fingerprint density at radius 2 is 1.65 bits per heavy atom. The first kappa shape index (κ1) is 25.3. The molecule has 2 amide bonds. The number of carboxylic acids is 1. The van der Waals surface area contributed by atoms with E-state index in [9.17, 15) is 19.5 Å². The van der Waals surface area contributed by atoms with Gasteiger partial charge in [0.25, 0.3) is 0 Å². The molecular formula is C24H23Cl2N3O5. The minimum absolute atomic E-state index is 0.160. The van der Waals surface area contributed by atoms with Crippen LogP contribution in [-0.4, -0.2) is 40.6 Å². The quantitative estimate of drug-likeness (QED) is 0.468. The summed E-state index contributed by atoms with van der Waals surface area (Å²) in [5.74, 6) is -2.25. The molecule has 0 radical (unpaired) electrons. The molecule has 0 heterocycles. The van der Waals surface area contributed by atoms with Gasteiger partial charge in [0.15, 0.2) is 5.78 Å². The number of rotatable bonds is 8. The van der Waals surface area contributed by atoms with Gasteiger partial charge in [-0.3, -0.25) is 14.5 Å². The first-order chi connectivity index (χ1) is 16.0. The molecule has 1 aliphatic rings. The summed E-state index contributed by atoms with van der Waals surface area (Å²) in [7, 11) is 0. The normalized spacial score (nSPS) is 20.9. The van der Waals surface area contributed by atoms with E-state index in [1.54, 1.807) is 30.3 Å². The van der Waals surface area contributed by atoms with Crippen molar-refractivity contribution in [3.63, 3.8) is 0 Å². The molecule has 0 aliphatic heterocycles. The second kappa shape index (κ2) is 9.89. The summed E-state index contributed by atoms with van der Waals surface area (Å²) in [6.45, 7) is 1.13. The molecule has 1 unspecified atom stereocenters. The Labute approximate surface area is 206 Å². The van der Waals surface area contributed by atoms with Gasteiger partial charge >= 0.3 is 12.0 Å². The second-order valence-electron chi connectivity index (χ2n) is 8.02. The zero-order chi connectivity index (χ0) is 25.1. The van der Waals surface area contributed by atoms with E-state index < -0.39 is 34.8 Å². The monoisotopic (exact) mass is 503 g/mol. The van der Waals surface area contributed by atoms with E-state index in [1.807, 2.05) is 0 Å². The lowest BCUT2D eigenvalue weighted by Crippen LogP contribution is -2.67. The summed E-state index contributed by atoms with van der Waals surface area (Å²) < 4.78 is 5.87. The molecule has 10 heteroatoms. The lowest BCUT2D eigenvalue weighted by atomic mass is 9.77. The fourth-order valence-electron chi connectivity index (χ4n) is 3.72. The van der Waals surface area contributed by atoms with E-state index in [0.29, 0.717) is 5.75 Å². The van der Waals surface area contributed by atoms with Crippen molar-refractivity contribution in [2.24, 2.45) is 17.4 Å². The summed E-state index contributed by atoms with van der Waals surface area (Å²) >= 11 is 12.3. The van der Waals surface area contributed by atoms with Crippen LogP contribution in [0.25, 0.3) is 0 Å². The number of ketones is 1. The number of aliphatic carboxylic acids is 1. The Balaban J connectivity index is 2.10. The number of amides is 2. The van der Waals surface area contributed by atoms with Gasteiger partial charge in [0.1, 0.15) is 23.4 Å². The third-order valence-electron chi connectivity index (χ3n) is 5.41. The van der Waals surface area contributed by atoms with Crippen molar-refractivity contribution in [3.05, 3.63) is 82.9 Å². The topological polar surface area (TPSA) is 136 Å². The van der Waals surface area contributed by atoms with Gasteiger partial charge in [-0.15, -0.1) is 0 Å². The maximum atomic E-state index is 14.0. The number of nitrogens with zero attached hydrogens (tertiary/aromatic N) is 1. The van der Waals surface area contributed by atoms with Crippen molar-refractivity contribution >= 4 is 46.7 Å². The van der Waals surface area contributed by atoms with Crippen molar-refractivity contribution < 1.29 is 24.2 Å². The molecule has 0 saturated carbocycles. The van der Waals surface area contributed by atoms with Gasteiger partial charge < -0.3 is 21.3 Å². The van der Waals surface area contributed by atoms with Crippen molar-refractivity contribution in [1.29, 1.82) is 0 Å². The number of carboxylic acid groups (broad SMARTS) is 1. The van der Waals surface area contributed by atoms with E-state index in [4.69, 9.17) is 39.4 Å². The lowest BCUT2D eigenvalue weighted by Gasteiger charge is -2.42. The molecule has 8 nitrogen and oxygen atoms in total. The molecule has 178 valence electrons. The fourth-order valence-corrected chi connectivity index (χ4v) is 4.24. The second-order valence-corrected chi connectivity index (χ2v) is 8.89. The third kappa shape index (κ3) is 5.25. The lowest BCUT2D eigenvalue weighted by molar-refractivity contribution is -0.138. The number of hydrogen-bond donors (Lipinski definition) is 3. The Morgan fingerprint density at radius 3 is 2.15 bits per heavy atom. The van der Waals surface area contributed by atoms with E-state index in [0.717, 1.165) is 4.90 Å². The van der Waals surface area contributed by atoms with E-state index in [-0.39, 0.29) is 22.3 Å². The Hall–Kier alpha value is -3.33. The fraction of sp³-hybridized carbons (Fsp3) is 0.208. The third-order valence-corrected chi connectivity index (χ3v) is 5.85. The standard InChI is InChI=1S/C24H23Cl2N3O5/c1-23(14-34-19-5-3-2-4-6-19,21(32)24(28)9-7-15(8-10-24)20(30)31)29(22(27)33)18-12-16(25)11-17(26)13-18/h2-13,15H,14,28H2,1H3,(H2,27,33)(H,30,31). The summed E-state index contributed by atoms with van der Waals surface area (Å²) in [6.07, 6.45) is 5.20. The maximum Gasteiger partial charge on any atom is 0.320 e. The summed E-state index contributed by atoms with van der Waals surface area (Å²) in [4.78, 5) is 39.0. The predicted octanol–water partition coefficient (Wildman–Crippen LogP) is 3.81. The molecular weight excluding hydrogens is 481 g/mol. The SMILES string of the molecule is CC(COc1ccccc1)(C(=O)C1(N)C=CC(C(=O)O)C=C1)N(C(N)=O)c1cc(Cl)cc(Cl)c1. The molecule has 0 aromatic heterocycles. The molecule has 0 saturated heterocycles. The summed E-state index contributed by atoms with van der Waals surface area (Å²) in [6, 6.07) is 12.0. The number of ether oxygens (including phenoxy) is 1. The Kier molecular flexibility index (Phi) is 7.35. The van der Waals surface area contributed by atoms with Crippen molar-refractivity contribution in [1.82, 2.24) is 0 Å². The minimum Gasteiger partial charge on any atom is -0.491 e. The van der Waals surface area contributed by atoms with Gasteiger partial charge in [-0.1, -0.05) is 65.7 Å². The molecule has 34 heavy (non-hydrogen) atoms. The molecule has 2 aromatic rings. The number of primary amides is 1. The van der Waals surface area contributed by atoms with Gasteiger partial charge in [0, 0.05) is 15.7 Å². The van der Waals surface area contributed by atoms with Crippen LogP contribution < -0.4 is 21.1 Å². The average Bonchev–Trinajstić information content (AvgIpc) is 2.77. The first-order valence-electron chi connectivity index (χ1n) is 10.2. The number of nitrogens with two attached hydrogens (primary N) is 2. The van der Waals surface area contributed by atoms with Crippen molar-refractivity contribution in [3.8, 4) is 5.75 Å². The number of hydrogen-bond acceptors (Lipinski definition) is 5. The summed E-state index contributed by atoms with van der Waals surface area (Å²) in [5, 5.41) is 9.67. The zero-order valence-corrected chi connectivity index (χ0v) is 19.7. The summed E-state index contributed by atoms with van der Waals surface area (Å²) in [5.41, 5.74) is 8.79. The van der Waals surface area contributed by atoms with Crippen LogP contribution in [0.4, 0.5) is 10.5 Å². The predicted molar refractivity (Wildman–Crippen MR) is 130 cm³/mol. The smallest absolute Gasteiger partial charge is 0.320 e. The zero-order valence-electron chi connectivity index (χ0n) is 18.2. The van der Waals surface area contributed by atoms with Gasteiger partial charge in [-0.25, -0.2) is 4.79 Å². The van der Waals surface area contributed by atoms with E-state index in [2.05, 4.69) is 0 Å². The van der Waals surface area contributed by atoms with E-state index in [1.165, 1.54) is 49.4 Å². The van der Waals surface area contributed by atoms with Crippen LogP contribution in [0.1, 0.15) is 6.92 Å².